The van der Waals surface area contributed by atoms with E-state index in [4.69, 9.17) is 0 Å². The van der Waals surface area contributed by atoms with E-state index in [1.54, 1.807) is 0 Å². The quantitative estimate of drug-likeness (QED) is 0.833. The summed E-state index contributed by atoms with van der Waals surface area (Å²) in [5, 5.41) is 5.35. The molecule has 0 bridgehead atoms. The monoisotopic (exact) mass is 348 g/mol. The smallest absolute Gasteiger partial charge is 0.233 e. The largest absolute Gasteiger partial charge is 0.326 e. The van der Waals surface area contributed by atoms with Crippen molar-refractivity contribution in [2.45, 2.75) is 32.1 Å². The van der Waals surface area contributed by atoms with Gasteiger partial charge in [0.2, 0.25) is 17.7 Å². The van der Waals surface area contributed by atoms with Crippen LogP contribution in [-0.4, -0.2) is 17.7 Å². The number of fused-ring (bicyclic) bond motifs is 1. The Morgan fingerprint density at radius 3 is 2.50 bits per heavy atom. The van der Waals surface area contributed by atoms with Crippen LogP contribution in [0.15, 0.2) is 48.5 Å². The van der Waals surface area contributed by atoms with Crippen molar-refractivity contribution in [1.29, 1.82) is 0 Å². The van der Waals surface area contributed by atoms with Crippen molar-refractivity contribution in [3.05, 3.63) is 65.2 Å². The van der Waals surface area contributed by atoms with Gasteiger partial charge in [0.05, 0.1) is 5.41 Å². The normalized spacial score (nSPS) is 20.9. The van der Waals surface area contributed by atoms with Gasteiger partial charge >= 0.3 is 0 Å². The second-order valence-corrected chi connectivity index (χ2v) is 7.21. The number of rotatable bonds is 4. The van der Waals surface area contributed by atoms with Crippen LogP contribution in [0.3, 0.4) is 0 Å². The number of carbonyl (C=O) groups is 3. The Balaban J connectivity index is 1.41. The van der Waals surface area contributed by atoms with Gasteiger partial charge in [-0.3, -0.25) is 19.7 Å². The first-order valence-corrected chi connectivity index (χ1v) is 8.84. The number of hydrogen-bond donors (Lipinski definition) is 2. The van der Waals surface area contributed by atoms with Gasteiger partial charge in [-0.15, -0.1) is 0 Å². The van der Waals surface area contributed by atoms with Crippen molar-refractivity contribution < 1.29 is 14.4 Å². The Morgan fingerprint density at radius 1 is 1.00 bits per heavy atom. The summed E-state index contributed by atoms with van der Waals surface area (Å²) in [6, 6.07) is 15.7. The van der Waals surface area contributed by atoms with E-state index in [0.29, 0.717) is 25.7 Å². The van der Waals surface area contributed by atoms with Crippen molar-refractivity contribution in [3.8, 4) is 0 Å². The van der Waals surface area contributed by atoms with E-state index < -0.39 is 5.41 Å². The molecule has 1 aliphatic heterocycles. The van der Waals surface area contributed by atoms with E-state index >= 15 is 0 Å². The fraction of sp³-hybridized carbons (Fsp3) is 0.286. The molecule has 1 fully saturated rings. The first kappa shape index (κ1) is 16.5. The highest BCUT2D eigenvalue weighted by atomic mass is 16.2. The van der Waals surface area contributed by atoms with Gasteiger partial charge in [-0.2, -0.15) is 0 Å². The van der Waals surface area contributed by atoms with Crippen LogP contribution in [0, 0.1) is 5.41 Å². The number of amides is 3. The molecule has 2 aromatic carbocycles. The lowest BCUT2D eigenvalue weighted by Gasteiger charge is -2.16. The lowest BCUT2D eigenvalue weighted by Crippen LogP contribution is -2.32. The van der Waals surface area contributed by atoms with Gasteiger partial charge in [-0.1, -0.05) is 36.4 Å². The minimum atomic E-state index is -0.630. The number of aryl methyl sites for hydroxylation is 1. The van der Waals surface area contributed by atoms with Crippen LogP contribution >= 0.6 is 0 Å². The third-order valence-corrected chi connectivity index (χ3v) is 5.26. The SMILES string of the molecule is O=C1CC2(Cc3ccc(NC(=O)CCc4ccccc4)cc3C2)C(=O)N1. The Morgan fingerprint density at radius 2 is 1.77 bits per heavy atom. The number of carbonyl (C=O) groups excluding carboxylic acids is 3. The molecule has 2 N–H and O–H groups in total. The molecule has 1 spiro atoms. The zero-order chi connectivity index (χ0) is 18.1. The highest BCUT2D eigenvalue weighted by Crippen LogP contribution is 2.43. The number of anilines is 1. The molecule has 2 aromatic rings. The standard InChI is InChI=1S/C21H20N2O3/c24-18(9-6-14-4-2-1-3-5-14)22-17-8-7-15-11-21(12-16(15)10-17)13-19(25)23-20(21)26/h1-5,7-8,10H,6,9,11-13H2,(H,22,24)(H,23,25,26). The zero-order valence-electron chi connectivity index (χ0n) is 14.4. The summed E-state index contributed by atoms with van der Waals surface area (Å²) in [6.07, 6.45) is 2.50. The molecule has 4 rings (SSSR count). The minimum absolute atomic E-state index is 0.0321. The maximum Gasteiger partial charge on any atom is 0.233 e. The van der Waals surface area contributed by atoms with Crippen molar-refractivity contribution in [2.75, 3.05) is 5.32 Å². The number of nitrogens with one attached hydrogen (secondary N) is 2. The summed E-state index contributed by atoms with van der Waals surface area (Å²) in [6.45, 7) is 0. The second-order valence-electron chi connectivity index (χ2n) is 7.21. The van der Waals surface area contributed by atoms with Gasteiger partial charge in [0.25, 0.3) is 0 Å². The average Bonchev–Trinajstić information content (AvgIpc) is 3.12. The maximum atomic E-state index is 12.2. The molecule has 0 aromatic heterocycles. The topological polar surface area (TPSA) is 75.3 Å². The van der Waals surface area contributed by atoms with Gasteiger partial charge in [0.15, 0.2) is 0 Å². The predicted molar refractivity (Wildman–Crippen MR) is 97.4 cm³/mol. The summed E-state index contributed by atoms with van der Waals surface area (Å²) in [4.78, 5) is 35.9. The molecule has 3 amide bonds. The van der Waals surface area contributed by atoms with Gasteiger partial charge in [-0.25, -0.2) is 0 Å². The van der Waals surface area contributed by atoms with Crippen molar-refractivity contribution >= 4 is 23.4 Å². The summed E-state index contributed by atoms with van der Waals surface area (Å²) >= 11 is 0. The Kier molecular flexibility index (Phi) is 4.07. The molecule has 1 unspecified atom stereocenters. The van der Waals surface area contributed by atoms with Crippen LogP contribution in [0.1, 0.15) is 29.5 Å². The lowest BCUT2D eigenvalue weighted by molar-refractivity contribution is -0.128. The van der Waals surface area contributed by atoms with Crippen molar-refractivity contribution in [1.82, 2.24) is 5.32 Å². The third kappa shape index (κ3) is 3.12. The van der Waals surface area contributed by atoms with Crippen LogP contribution in [-0.2, 0) is 33.6 Å². The number of benzene rings is 2. The van der Waals surface area contributed by atoms with E-state index in [9.17, 15) is 14.4 Å². The molecule has 1 heterocycles. The van der Waals surface area contributed by atoms with Gasteiger partial charge in [0.1, 0.15) is 0 Å². The van der Waals surface area contributed by atoms with Gasteiger partial charge < -0.3 is 5.32 Å². The molecule has 2 aliphatic rings. The lowest BCUT2D eigenvalue weighted by atomic mass is 9.83. The van der Waals surface area contributed by atoms with E-state index in [1.165, 1.54) is 0 Å². The van der Waals surface area contributed by atoms with E-state index in [1.807, 2.05) is 48.5 Å². The highest BCUT2D eigenvalue weighted by molar-refractivity contribution is 6.06. The van der Waals surface area contributed by atoms with Crippen LogP contribution in [0.4, 0.5) is 5.69 Å². The fourth-order valence-electron chi connectivity index (χ4n) is 3.93. The zero-order valence-corrected chi connectivity index (χ0v) is 14.4. The molecule has 5 heteroatoms. The summed E-state index contributed by atoms with van der Waals surface area (Å²) in [5.41, 5.74) is 3.36. The highest BCUT2D eigenvalue weighted by Gasteiger charge is 2.50. The fourth-order valence-corrected chi connectivity index (χ4v) is 3.93. The molecule has 26 heavy (non-hydrogen) atoms. The predicted octanol–water partition coefficient (Wildman–Crippen LogP) is 2.39. The molecule has 0 radical (unpaired) electrons. The molecular formula is C21H20N2O3. The van der Waals surface area contributed by atoms with E-state index in [0.717, 1.165) is 22.4 Å². The van der Waals surface area contributed by atoms with Crippen molar-refractivity contribution in [3.63, 3.8) is 0 Å². The first-order valence-electron chi connectivity index (χ1n) is 8.84. The molecular weight excluding hydrogens is 328 g/mol. The Bertz CT molecular complexity index is 891. The van der Waals surface area contributed by atoms with Crippen LogP contribution in [0.25, 0.3) is 0 Å². The summed E-state index contributed by atoms with van der Waals surface area (Å²) in [5.74, 6) is -0.403. The third-order valence-electron chi connectivity index (χ3n) is 5.26. The molecule has 1 atom stereocenters. The molecule has 5 nitrogen and oxygen atoms in total. The van der Waals surface area contributed by atoms with E-state index in [-0.39, 0.29) is 24.1 Å². The average molecular weight is 348 g/mol. The summed E-state index contributed by atoms with van der Waals surface area (Å²) < 4.78 is 0. The van der Waals surface area contributed by atoms with Crippen LogP contribution in [0.5, 0.6) is 0 Å². The Labute approximate surface area is 151 Å². The van der Waals surface area contributed by atoms with Crippen molar-refractivity contribution in [2.24, 2.45) is 5.41 Å². The molecule has 1 aliphatic carbocycles. The summed E-state index contributed by atoms with van der Waals surface area (Å²) in [7, 11) is 0. The van der Waals surface area contributed by atoms with Gasteiger partial charge in [-0.05, 0) is 48.1 Å². The number of imide groups is 1. The maximum absolute atomic E-state index is 12.2. The van der Waals surface area contributed by atoms with E-state index in [2.05, 4.69) is 10.6 Å². The minimum Gasteiger partial charge on any atom is -0.326 e. The molecule has 132 valence electrons. The molecule has 1 saturated heterocycles. The Hall–Kier alpha value is -2.95. The second kappa shape index (κ2) is 6.41. The van der Waals surface area contributed by atoms with Gasteiger partial charge in [0, 0.05) is 18.5 Å². The van der Waals surface area contributed by atoms with Crippen LogP contribution < -0.4 is 10.6 Å². The molecule has 0 saturated carbocycles. The van der Waals surface area contributed by atoms with Crippen LogP contribution in [0.2, 0.25) is 0 Å². The first-order chi connectivity index (χ1) is 12.5. The number of hydrogen-bond acceptors (Lipinski definition) is 3.